The summed E-state index contributed by atoms with van der Waals surface area (Å²) in [7, 11) is 1.81. The van der Waals surface area contributed by atoms with Crippen molar-refractivity contribution in [1.82, 2.24) is 0 Å². The molecule has 92 valence electrons. The second kappa shape index (κ2) is 3.84. The summed E-state index contributed by atoms with van der Waals surface area (Å²) in [5.41, 5.74) is 9.90. The fourth-order valence-corrected chi connectivity index (χ4v) is 2.10. The Balaban J connectivity index is 2.34. The van der Waals surface area contributed by atoms with Gasteiger partial charge in [-0.15, -0.1) is 0 Å². The molecule has 2 rings (SSSR count). The van der Waals surface area contributed by atoms with Crippen LogP contribution >= 0.6 is 0 Å². The molecule has 0 unspecified atom stereocenters. The van der Waals surface area contributed by atoms with E-state index in [0.717, 1.165) is 24.1 Å². The van der Waals surface area contributed by atoms with Crippen LogP contribution in [0.3, 0.4) is 0 Å². The van der Waals surface area contributed by atoms with Gasteiger partial charge >= 0.3 is 0 Å². The third-order valence-electron chi connectivity index (χ3n) is 3.69. The van der Waals surface area contributed by atoms with Gasteiger partial charge in [0.1, 0.15) is 0 Å². The molecule has 17 heavy (non-hydrogen) atoms. The van der Waals surface area contributed by atoms with Gasteiger partial charge in [0.2, 0.25) is 5.91 Å². The number of benzene rings is 1. The van der Waals surface area contributed by atoms with Gasteiger partial charge < -0.3 is 10.6 Å². The fraction of sp³-hybridized carbons (Fsp3) is 0.500. The zero-order valence-electron chi connectivity index (χ0n) is 11.0. The van der Waals surface area contributed by atoms with Crippen molar-refractivity contribution in [3.8, 4) is 0 Å². The van der Waals surface area contributed by atoms with Gasteiger partial charge in [-0.2, -0.15) is 0 Å². The van der Waals surface area contributed by atoms with Crippen LogP contribution in [0.1, 0.15) is 29.5 Å². The van der Waals surface area contributed by atoms with E-state index in [1.54, 1.807) is 4.90 Å². The van der Waals surface area contributed by atoms with E-state index >= 15 is 0 Å². The molecule has 3 heteroatoms. The summed E-state index contributed by atoms with van der Waals surface area (Å²) in [6, 6.07) is 4.18. The SMILES string of the molecule is Cc1cc(C)c(N(C)C(=O)C2(N)CC2)cc1C. The molecule has 0 spiro atoms. The quantitative estimate of drug-likeness (QED) is 0.848. The summed E-state index contributed by atoms with van der Waals surface area (Å²) < 4.78 is 0. The summed E-state index contributed by atoms with van der Waals surface area (Å²) in [5, 5.41) is 0. The monoisotopic (exact) mass is 232 g/mol. The number of aryl methyl sites for hydroxylation is 3. The second-order valence-electron chi connectivity index (χ2n) is 5.24. The molecule has 0 aromatic heterocycles. The molecule has 1 saturated carbocycles. The van der Waals surface area contributed by atoms with Gasteiger partial charge in [0.15, 0.2) is 0 Å². The van der Waals surface area contributed by atoms with Gasteiger partial charge in [0.25, 0.3) is 0 Å². The molecule has 0 aliphatic heterocycles. The summed E-state index contributed by atoms with van der Waals surface area (Å²) in [5.74, 6) is 0.0313. The van der Waals surface area contributed by atoms with Crippen LogP contribution in [0.2, 0.25) is 0 Å². The first-order valence-electron chi connectivity index (χ1n) is 6.00. The number of amides is 1. The van der Waals surface area contributed by atoms with Gasteiger partial charge in [0, 0.05) is 12.7 Å². The van der Waals surface area contributed by atoms with E-state index in [1.165, 1.54) is 11.1 Å². The highest BCUT2D eigenvalue weighted by molar-refractivity contribution is 6.02. The first kappa shape index (κ1) is 12.1. The van der Waals surface area contributed by atoms with E-state index in [1.807, 2.05) is 14.0 Å². The number of rotatable bonds is 2. The average molecular weight is 232 g/mol. The smallest absolute Gasteiger partial charge is 0.246 e. The maximum Gasteiger partial charge on any atom is 0.246 e. The van der Waals surface area contributed by atoms with Gasteiger partial charge in [0.05, 0.1) is 5.54 Å². The zero-order chi connectivity index (χ0) is 12.8. The minimum atomic E-state index is -0.597. The average Bonchev–Trinajstić information content (AvgIpc) is 3.01. The number of hydrogen-bond donors (Lipinski definition) is 1. The lowest BCUT2D eigenvalue weighted by molar-refractivity contribution is -0.120. The maximum absolute atomic E-state index is 12.2. The highest BCUT2D eigenvalue weighted by Gasteiger charge is 2.47. The van der Waals surface area contributed by atoms with Crippen molar-refractivity contribution >= 4 is 11.6 Å². The van der Waals surface area contributed by atoms with E-state index in [-0.39, 0.29) is 5.91 Å². The van der Waals surface area contributed by atoms with Crippen LogP contribution < -0.4 is 10.6 Å². The molecule has 0 radical (unpaired) electrons. The number of anilines is 1. The van der Waals surface area contributed by atoms with Gasteiger partial charge in [-0.25, -0.2) is 0 Å². The molecule has 0 saturated heterocycles. The molecule has 1 aromatic carbocycles. The zero-order valence-corrected chi connectivity index (χ0v) is 11.0. The van der Waals surface area contributed by atoms with Crippen molar-refractivity contribution in [1.29, 1.82) is 0 Å². The first-order chi connectivity index (χ1) is 7.85. The van der Waals surface area contributed by atoms with Crippen molar-refractivity contribution in [2.45, 2.75) is 39.2 Å². The van der Waals surface area contributed by atoms with Crippen molar-refractivity contribution in [3.63, 3.8) is 0 Å². The lowest BCUT2D eigenvalue weighted by Gasteiger charge is -2.23. The van der Waals surface area contributed by atoms with E-state index in [4.69, 9.17) is 5.73 Å². The minimum Gasteiger partial charge on any atom is -0.317 e. The molecule has 1 amide bonds. The van der Waals surface area contributed by atoms with Crippen molar-refractivity contribution in [2.75, 3.05) is 11.9 Å². The maximum atomic E-state index is 12.2. The molecular formula is C14H20N2O. The Kier molecular flexibility index (Phi) is 2.74. The van der Waals surface area contributed by atoms with Crippen LogP contribution in [0, 0.1) is 20.8 Å². The molecule has 0 heterocycles. The topological polar surface area (TPSA) is 46.3 Å². The summed E-state index contributed by atoms with van der Waals surface area (Å²) in [6.45, 7) is 6.17. The Morgan fingerprint density at radius 1 is 1.18 bits per heavy atom. The summed E-state index contributed by atoms with van der Waals surface area (Å²) in [4.78, 5) is 13.9. The highest BCUT2D eigenvalue weighted by Crippen LogP contribution is 2.36. The molecule has 2 N–H and O–H groups in total. The largest absolute Gasteiger partial charge is 0.317 e. The molecule has 0 bridgehead atoms. The van der Waals surface area contributed by atoms with Crippen LogP contribution in [0.15, 0.2) is 12.1 Å². The molecule has 3 nitrogen and oxygen atoms in total. The number of nitrogens with zero attached hydrogens (tertiary/aromatic N) is 1. The van der Waals surface area contributed by atoms with Crippen LogP contribution in [0.4, 0.5) is 5.69 Å². The third kappa shape index (κ3) is 2.07. The predicted octanol–water partition coefficient (Wildman–Crippen LogP) is 2.07. The molecule has 1 aromatic rings. The lowest BCUT2D eigenvalue weighted by atomic mass is 10.0. The van der Waals surface area contributed by atoms with Gasteiger partial charge in [-0.1, -0.05) is 6.07 Å². The number of nitrogens with two attached hydrogens (primary N) is 1. The van der Waals surface area contributed by atoms with Crippen LogP contribution in [-0.4, -0.2) is 18.5 Å². The number of likely N-dealkylation sites (N-methyl/N-ethyl adjacent to an activating group) is 1. The second-order valence-corrected chi connectivity index (χ2v) is 5.24. The number of hydrogen-bond acceptors (Lipinski definition) is 2. The molecular weight excluding hydrogens is 212 g/mol. The standard InChI is InChI=1S/C14H20N2O/c1-9-7-11(3)12(8-10(9)2)16(4)13(17)14(15)5-6-14/h7-8H,5-6,15H2,1-4H3. The van der Waals surface area contributed by atoms with Crippen LogP contribution in [0.5, 0.6) is 0 Å². The van der Waals surface area contributed by atoms with Crippen molar-refractivity contribution in [3.05, 3.63) is 28.8 Å². The van der Waals surface area contributed by atoms with Crippen molar-refractivity contribution in [2.24, 2.45) is 5.73 Å². The highest BCUT2D eigenvalue weighted by atomic mass is 16.2. The molecule has 1 aliphatic carbocycles. The third-order valence-corrected chi connectivity index (χ3v) is 3.69. The van der Waals surface area contributed by atoms with Crippen LogP contribution in [0.25, 0.3) is 0 Å². The van der Waals surface area contributed by atoms with Crippen LogP contribution in [-0.2, 0) is 4.79 Å². The number of carbonyl (C=O) groups excluding carboxylic acids is 1. The molecule has 0 atom stereocenters. The Labute approximate surface area is 103 Å². The Bertz CT molecular complexity index is 475. The van der Waals surface area contributed by atoms with Crippen molar-refractivity contribution < 1.29 is 4.79 Å². The Morgan fingerprint density at radius 3 is 2.24 bits per heavy atom. The Morgan fingerprint density at radius 2 is 1.71 bits per heavy atom. The molecule has 1 aliphatic rings. The van der Waals surface area contributed by atoms with E-state index in [9.17, 15) is 4.79 Å². The number of carbonyl (C=O) groups is 1. The summed E-state index contributed by atoms with van der Waals surface area (Å²) in [6.07, 6.45) is 1.61. The van der Waals surface area contributed by atoms with E-state index < -0.39 is 5.54 Å². The van der Waals surface area contributed by atoms with E-state index in [2.05, 4.69) is 26.0 Å². The normalized spacial score (nSPS) is 16.8. The fourth-order valence-electron chi connectivity index (χ4n) is 2.10. The first-order valence-corrected chi connectivity index (χ1v) is 6.00. The lowest BCUT2D eigenvalue weighted by Crippen LogP contribution is -2.44. The minimum absolute atomic E-state index is 0.0313. The summed E-state index contributed by atoms with van der Waals surface area (Å²) >= 11 is 0. The Hall–Kier alpha value is -1.35. The molecule has 1 fully saturated rings. The predicted molar refractivity (Wildman–Crippen MR) is 70.2 cm³/mol. The van der Waals surface area contributed by atoms with E-state index in [0.29, 0.717) is 0 Å². The van der Waals surface area contributed by atoms with Gasteiger partial charge in [-0.05, 0) is 56.4 Å². The van der Waals surface area contributed by atoms with Gasteiger partial charge in [-0.3, -0.25) is 4.79 Å².